The molecular formula is C45H72F4O3. The summed E-state index contributed by atoms with van der Waals surface area (Å²) in [6, 6.07) is 4.67. The Bertz CT molecular complexity index is 1110. The van der Waals surface area contributed by atoms with Crippen LogP contribution in [-0.2, 0) is 0 Å². The number of unbranched alkanes of at least 4 members (excludes halogenated alkanes) is 26. The quantitative estimate of drug-likeness (QED) is 0.0407. The summed E-state index contributed by atoms with van der Waals surface area (Å²) in [4.78, 5) is 0. The second kappa shape index (κ2) is 29.9. The van der Waals surface area contributed by atoms with Gasteiger partial charge in [0, 0.05) is 23.8 Å². The van der Waals surface area contributed by atoms with Gasteiger partial charge in [-0.15, -0.1) is 0 Å². The van der Waals surface area contributed by atoms with E-state index in [1.807, 2.05) is 0 Å². The van der Waals surface area contributed by atoms with Crippen molar-refractivity contribution in [3.63, 3.8) is 0 Å². The van der Waals surface area contributed by atoms with E-state index in [0.29, 0.717) is 24.7 Å². The van der Waals surface area contributed by atoms with E-state index in [9.17, 15) is 17.6 Å². The summed E-state index contributed by atoms with van der Waals surface area (Å²) in [5.74, 6) is -6.42. The van der Waals surface area contributed by atoms with Gasteiger partial charge in [0.2, 0.25) is 17.4 Å². The molecule has 0 aliphatic carbocycles. The molecule has 0 atom stereocenters. The Balaban J connectivity index is 1.75. The minimum atomic E-state index is -1.57. The number of halogens is 4. The number of benzene rings is 2. The second-order valence-corrected chi connectivity index (χ2v) is 14.8. The van der Waals surface area contributed by atoms with Gasteiger partial charge < -0.3 is 14.2 Å². The van der Waals surface area contributed by atoms with Gasteiger partial charge in [0.05, 0.1) is 13.2 Å². The van der Waals surface area contributed by atoms with Crippen LogP contribution < -0.4 is 14.2 Å². The molecule has 0 aromatic heterocycles. The van der Waals surface area contributed by atoms with Gasteiger partial charge in [0.15, 0.2) is 11.6 Å². The van der Waals surface area contributed by atoms with Crippen LogP contribution in [0.5, 0.6) is 23.0 Å². The van der Waals surface area contributed by atoms with Crippen molar-refractivity contribution in [2.24, 2.45) is 0 Å². The third-order valence-corrected chi connectivity index (χ3v) is 10.0. The molecule has 0 bridgehead atoms. The van der Waals surface area contributed by atoms with E-state index >= 15 is 0 Å². The monoisotopic (exact) mass is 737 g/mol. The molecule has 298 valence electrons. The van der Waals surface area contributed by atoms with Crippen LogP contribution in [0.15, 0.2) is 18.2 Å². The summed E-state index contributed by atoms with van der Waals surface area (Å²) in [5, 5.41) is 0. The molecule has 2 aromatic carbocycles. The molecular weight excluding hydrogens is 664 g/mol. The Morgan fingerprint density at radius 1 is 0.365 bits per heavy atom. The fourth-order valence-corrected chi connectivity index (χ4v) is 6.67. The average Bonchev–Trinajstić information content (AvgIpc) is 3.15. The Morgan fingerprint density at radius 2 is 0.635 bits per heavy atom. The van der Waals surface area contributed by atoms with E-state index < -0.39 is 34.6 Å². The summed E-state index contributed by atoms with van der Waals surface area (Å²) in [6.45, 7) is 6.43. The van der Waals surface area contributed by atoms with Crippen molar-refractivity contribution in [3.8, 4) is 23.0 Å². The first-order valence-electron chi connectivity index (χ1n) is 21.3. The molecule has 0 saturated heterocycles. The molecule has 0 heterocycles. The molecule has 0 saturated carbocycles. The number of hydrogen-bond donors (Lipinski definition) is 0. The standard InChI is InChI=1S/C45H72F4O3/c1-4-6-8-10-12-14-16-18-20-22-24-26-28-30-32-50-38-34-39(36-40(35-38)52-45-43(48)41(46)37(3)42(47)44(45)49)51-33-31-29-27-25-23-21-19-17-15-13-11-9-7-5-2/h34-36H,4-33H2,1-3H3. The van der Waals surface area contributed by atoms with Gasteiger partial charge in [0.25, 0.3) is 0 Å². The van der Waals surface area contributed by atoms with Gasteiger partial charge in [-0.2, -0.15) is 8.78 Å². The third kappa shape index (κ3) is 20.1. The van der Waals surface area contributed by atoms with Crippen molar-refractivity contribution in [1.82, 2.24) is 0 Å². The largest absolute Gasteiger partial charge is 0.493 e. The highest BCUT2D eigenvalue weighted by Crippen LogP contribution is 2.36. The lowest BCUT2D eigenvalue weighted by Crippen LogP contribution is -2.04. The Hall–Kier alpha value is -2.44. The lowest BCUT2D eigenvalue weighted by atomic mass is 10.0. The molecule has 0 spiro atoms. The van der Waals surface area contributed by atoms with Crippen LogP contribution in [0.1, 0.15) is 199 Å². The zero-order valence-corrected chi connectivity index (χ0v) is 33.2. The summed E-state index contributed by atoms with van der Waals surface area (Å²) in [7, 11) is 0. The Labute approximate surface area is 315 Å². The van der Waals surface area contributed by atoms with Gasteiger partial charge in [-0.1, -0.05) is 181 Å². The molecule has 0 N–H and O–H groups in total. The highest BCUT2D eigenvalue weighted by molar-refractivity contribution is 5.45. The lowest BCUT2D eigenvalue weighted by molar-refractivity contribution is 0.286. The molecule has 2 rings (SSSR count). The minimum absolute atomic E-state index is 0.0186. The molecule has 0 fully saturated rings. The molecule has 0 aliphatic rings. The molecule has 52 heavy (non-hydrogen) atoms. The Kier molecular flexibility index (Phi) is 26.3. The molecule has 2 aromatic rings. The fraction of sp³-hybridized carbons (Fsp3) is 0.733. The van der Waals surface area contributed by atoms with Crippen molar-refractivity contribution in [2.75, 3.05) is 13.2 Å². The maximum absolute atomic E-state index is 14.6. The van der Waals surface area contributed by atoms with Crippen LogP contribution in [-0.4, -0.2) is 13.2 Å². The topological polar surface area (TPSA) is 27.7 Å². The van der Waals surface area contributed by atoms with Crippen molar-refractivity contribution in [3.05, 3.63) is 47.0 Å². The van der Waals surface area contributed by atoms with E-state index in [-0.39, 0.29) is 5.75 Å². The molecule has 3 nitrogen and oxygen atoms in total. The maximum Gasteiger partial charge on any atom is 0.204 e. The van der Waals surface area contributed by atoms with Gasteiger partial charge in [-0.25, -0.2) is 8.78 Å². The van der Waals surface area contributed by atoms with Crippen LogP contribution >= 0.6 is 0 Å². The molecule has 0 unspecified atom stereocenters. The number of ether oxygens (including phenoxy) is 3. The van der Waals surface area contributed by atoms with Gasteiger partial charge in [0.1, 0.15) is 17.2 Å². The normalized spacial score (nSPS) is 11.4. The van der Waals surface area contributed by atoms with Crippen LogP contribution in [0.2, 0.25) is 0 Å². The van der Waals surface area contributed by atoms with Crippen LogP contribution in [0.25, 0.3) is 0 Å². The highest BCUT2D eigenvalue weighted by Gasteiger charge is 2.25. The number of hydrogen-bond acceptors (Lipinski definition) is 3. The minimum Gasteiger partial charge on any atom is -0.493 e. The van der Waals surface area contributed by atoms with E-state index in [4.69, 9.17) is 14.2 Å². The van der Waals surface area contributed by atoms with E-state index in [1.54, 1.807) is 6.07 Å². The van der Waals surface area contributed by atoms with Gasteiger partial charge in [-0.05, 0) is 19.8 Å². The maximum atomic E-state index is 14.6. The lowest BCUT2D eigenvalue weighted by Gasteiger charge is -2.15. The highest BCUT2D eigenvalue weighted by atomic mass is 19.2. The summed E-state index contributed by atoms with van der Waals surface area (Å²) < 4.78 is 75.2. The van der Waals surface area contributed by atoms with Crippen LogP contribution in [0.4, 0.5) is 17.6 Å². The first kappa shape index (κ1) is 45.7. The predicted octanol–water partition coefficient (Wildman–Crippen LogP) is 16.1. The molecule has 0 aliphatic heterocycles. The van der Waals surface area contributed by atoms with E-state index in [2.05, 4.69) is 13.8 Å². The van der Waals surface area contributed by atoms with Crippen LogP contribution in [0, 0.1) is 30.2 Å². The summed E-state index contributed by atoms with van der Waals surface area (Å²) in [6.07, 6.45) is 35.4. The van der Waals surface area contributed by atoms with Crippen molar-refractivity contribution in [2.45, 2.75) is 201 Å². The third-order valence-electron chi connectivity index (χ3n) is 10.0. The zero-order valence-electron chi connectivity index (χ0n) is 33.2. The predicted molar refractivity (Wildman–Crippen MR) is 209 cm³/mol. The van der Waals surface area contributed by atoms with Crippen LogP contribution in [0.3, 0.4) is 0 Å². The first-order valence-corrected chi connectivity index (χ1v) is 21.3. The smallest absolute Gasteiger partial charge is 0.204 e. The summed E-state index contributed by atoms with van der Waals surface area (Å²) in [5.41, 5.74) is -0.732. The fourth-order valence-electron chi connectivity index (χ4n) is 6.67. The van der Waals surface area contributed by atoms with Gasteiger partial charge >= 0.3 is 0 Å². The van der Waals surface area contributed by atoms with Crippen molar-refractivity contribution < 1.29 is 31.8 Å². The van der Waals surface area contributed by atoms with E-state index in [1.165, 1.54) is 153 Å². The molecule has 0 radical (unpaired) electrons. The first-order chi connectivity index (χ1) is 25.4. The van der Waals surface area contributed by atoms with Crippen molar-refractivity contribution >= 4 is 0 Å². The molecule has 0 amide bonds. The van der Waals surface area contributed by atoms with Gasteiger partial charge in [-0.3, -0.25) is 0 Å². The van der Waals surface area contributed by atoms with Crippen molar-refractivity contribution in [1.29, 1.82) is 0 Å². The van der Waals surface area contributed by atoms with E-state index in [0.717, 1.165) is 45.4 Å². The second-order valence-electron chi connectivity index (χ2n) is 14.8. The average molecular weight is 737 g/mol. The zero-order chi connectivity index (χ0) is 37.7. The molecule has 7 heteroatoms. The SMILES string of the molecule is CCCCCCCCCCCCCCCCOc1cc(OCCCCCCCCCCCCCCCC)cc(Oc2c(F)c(F)c(C)c(F)c2F)c1. The number of rotatable bonds is 34. The Morgan fingerprint density at radius 3 is 0.942 bits per heavy atom. The summed E-state index contributed by atoms with van der Waals surface area (Å²) >= 11 is 0.